The van der Waals surface area contributed by atoms with E-state index in [-0.39, 0.29) is 48.3 Å². The van der Waals surface area contributed by atoms with Gasteiger partial charge in [0.2, 0.25) is 11.8 Å². The van der Waals surface area contributed by atoms with Gasteiger partial charge in [0.25, 0.3) is 0 Å². The zero-order valence-electron chi connectivity index (χ0n) is 15.7. The average molecular weight is 485 g/mol. The van der Waals surface area contributed by atoms with Crippen molar-refractivity contribution in [1.29, 1.82) is 0 Å². The second-order valence-corrected chi connectivity index (χ2v) is 6.61. The minimum Gasteiger partial charge on any atom is -0.357 e. The molecular formula is C19H28IN5O2. The molecule has 3 N–H and O–H groups in total. The summed E-state index contributed by atoms with van der Waals surface area (Å²) in [4.78, 5) is 30.3. The molecule has 8 heteroatoms. The summed E-state index contributed by atoms with van der Waals surface area (Å²) in [6, 6.07) is 8.00. The molecule has 148 valence electrons. The topological polar surface area (TPSA) is 85.8 Å². The van der Waals surface area contributed by atoms with E-state index in [1.54, 1.807) is 4.90 Å². The number of hydrogen-bond acceptors (Lipinski definition) is 3. The molecule has 0 radical (unpaired) electrons. The maximum absolute atomic E-state index is 12.5. The summed E-state index contributed by atoms with van der Waals surface area (Å²) >= 11 is 0. The third kappa shape index (κ3) is 6.08. The van der Waals surface area contributed by atoms with E-state index in [1.165, 1.54) is 5.56 Å². The van der Waals surface area contributed by atoms with Crippen molar-refractivity contribution < 1.29 is 9.59 Å². The number of rotatable bonds is 7. The number of nitrogens with zero attached hydrogens (tertiary/aromatic N) is 2. The summed E-state index contributed by atoms with van der Waals surface area (Å²) in [5, 5.41) is 9.18. The van der Waals surface area contributed by atoms with Crippen LogP contribution in [0.15, 0.2) is 29.3 Å². The summed E-state index contributed by atoms with van der Waals surface area (Å²) in [5.41, 5.74) is 2.20. The lowest BCUT2D eigenvalue weighted by atomic mass is 10.2. The second kappa shape index (κ2) is 10.5. The Balaban J connectivity index is 0.00000261. The van der Waals surface area contributed by atoms with Crippen LogP contribution in [0.2, 0.25) is 0 Å². The number of anilines is 1. The van der Waals surface area contributed by atoms with E-state index in [9.17, 15) is 9.59 Å². The molecule has 0 spiro atoms. The molecule has 0 saturated heterocycles. The molecule has 1 heterocycles. The number of nitrogens with one attached hydrogen (secondary N) is 3. The maximum atomic E-state index is 12.5. The Hall–Kier alpha value is -1.84. The zero-order chi connectivity index (χ0) is 18.4. The maximum Gasteiger partial charge on any atom is 0.248 e. The molecule has 7 nitrogen and oxygen atoms in total. The molecule has 0 aromatic heterocycles. The first-order valence-electron chi connectivity index (χ1n) is 9.37. The van der Waals surface area contributed by atoms with Gasteiger partial charge in [-0.2, -0.15) is 0 Å². The van der Waals surface area contributed by atoms with Gasteiger partial charge in [0, 0.05) is 37.8 Å². The highest BCUT2D eigenvalue weighted by molar-refractivity contribution is 14.0. The van der Waals surface area contributed by atoms with Crippen LogP contribution in [0.4, 0.5) is 5.69 Å². The van der Waals surface area contributed by atoms with Gasteiger partial charge in [0.1, 0.15) is 6.54 Å². The number of halogens is 1. The van der Waals surface area contributed by atoms with Crippen LogP contribution >= 0.6 is 24.0 Å². The van der Waals surface area contributed by atoms with Crippen LogP contribution in [0, 0.1) is 5.92 Å². The van der Waals surface area contributed by atoms with Gasteiger partial charge >= 0.3 is 0 Å². The third-order valence-electron chi connectivity index (χ3n) is 4.57. The van der Waals surface area contributed by atoms with Crippen molar-refractivity contribution in [3.63, 3.8) is 0 Å². The van der Waals surface area contributed by atoms with Crippen LogP contribution in [-0.4, -0.2) is 50.5 Å². The van der Waals surface area contributed by atoms with Gasteiger partial charge in [0.15, 0.2) is 5.96 Å². The fourth-order valence-electron chi connectivity index (χ4n) is 3.03. The summed E-state index contributed by atoms with van der Waals surface area (Å²) in [5.74, 6) is 0.942. The molecule has 0 atom stereocenters. The Morgan fingerprint density at radius 1 is 1.15 bits per heavy atom. The summed E-state index contributed by atoms with van der Waals surface area (Å²) in [6.07, 6.45) is 2.90. The summed E-state index contributed by atoms with van der Waals surface area (Å²) in [7, 11) is 0. The monoisotopic (exact) mass is 485 g/mol. The number of para-hydroxylation sites is 1. The molecule has 2 aliphatic rings. The van der Waals surface area contributed by atoms with Gasteiger partial charge in [-0.15, -0.1) is 24.0 Å². The number of amides is 2. The molecule has 1 fully saturated rings. The van der Waals surface area contributed by atoms with E-state index in [1.807, 2.05) is 25.1 Å². The van der Waals surface area contributed by atoms with Crippen LogP contribution in [0.1, 0.15) is 25.3 Å². The van der Waals surface area contributed by atoms with Gasteiger partial charge < -0.3 is 20.9 Å². The standard InChI is InChI=1S/C19H27N5O2.HI/c1-2-20-19(22-11-10-21-18(26)15-7-8-15)23-13-17(25)24-12-9-14-5-3-4-6-16(14)24;/h3-6,15H,2,7-13H2,1H3,(H,21,26)(H2,20,22,23);1H. The van der Waals surface area contributed by atoms with Gasteiger partial charge in [0.05, 0.1) is 0 Å². The molecular weight excluding hydrogens is 457 g/mol. The first kappa shape index (κ1) is 21.5. The molecule has 0 unspecified atom stereocenters. The van der Waals surface area contributed by atoms with Crippen LogP contribution in [0.25, 0.3) is 0 Å². The highest BCUT2D eigenvalue weighted by Gasteiger charge is 2.29. The number of aliphatic imine (C=N–C) groups is 1. The quantitative estimate of drug-likeness (QED) is 0.235. The molecule has 3 rings (SSSR count). The van der Waals surface area contributed by atoms with Gasteiger partial charge in [-0.05, 0) is 37.8 Å². The fourth-order valence-corrected chi connectivity index (χ4v) is 3.03. The van der Waals surface area contributed by atoms with E-state index in [2.05, 4.69) is 27.0 Å². The molecule has 1 aromatic rings. The van der Waals surface area contributed by atoms with Crippen LogP contribution < -0.4 is 20.9 Å². The van der Waals surface area contributed by atoms with Crippen LogP contribution in [0.3, 0.4) is 0 Å². The van der Waals surface area contributed by atoms with Crippen molar-refractivity contribution in [2.24, 2.45) is 10.9 Å². The lowest BCUT2D eigenvalue weighted by molar-refractivity contribution is -0.122. The first-order chi connectivity index (χ1) is 12.7. The number of hydrogen-bond donors (Lipinski definition) is 3. The number of carbonyl (C=O) groups excluding carboxylic acids is 2. The normalized spacial score (nSPS) is 15.6. The summed E-state index contributed by atoms with van der Waals surface area (Å²) in [6.45, 7) is 4.62. The van der Waals surface area contributed by atoms with Crippen LogP contribution in [0.5, 0.6) is 0 Å². The third-order valence-corrected chi connectivity index (χ3v) is 4.57. The van der Waals surface area contributed by atoms with Gasteiger partial charge in [-0.3, -0.25) is 9.59 Å². The van der Waals surface area contributed by atoms with Crippen molar-refractivity contribution in [2.75, 3.05) is 37.6 Å². The highest BCUT2D eigenvalue weighted by atomic mass is 127. The molecule has 2 amide bonds. The predicted molar refractivity (Wildman–Crippen MR) is 118 cm³/mol. The number of fused-ring (bicyclic) bond motifs is 1. The van der Waals surface area contributed by atoms with Crippen molar-refractivity contribution in [3.05, 3.63) is 29.8 Å². The van der Waals surface area contributed by atoms with Crippen molar-refractivity contribution >= 4 is 47.4 Å². The molecule has 0 bridgehead atoms. The number of carbonyl (C=O) groups is 2. The first-order valence-corrected chi connectivity index (χ1v) is 9.37. The van der Waals surface area contributed by atoms with E-state index >= 15 is 0 Å². The SMILES string of the molecule is CCNC(=NCC(=O)N1CCc2ccccc21)NCCNC(=O)C1CC1.I. The van der Waals surface area contributed by atoms with Crippen molar-refractivity contribution in [2.45, 2.75) is 26.2 Å². The van der Waals surface area contributed by atoms with E-state index in [0.717, 1.165) is 24.9 Å². The average Bonchev–Trinajstić information content (AvgIpc) is 3.42. The Labute approximate surface area is 177 Å². The van der Waals surface area contributed by atoms with Crippen molar-refractivity contribution in [3.8, 4) is 0 Å². The van der Waals surface area contributed by atoms with Gasteiger partial charge in [-0.1, -0.05) is 18.2 Å². The minimum atomic E-state index is -0.00538. The lowest BCUT2D eigenvalue weighted by Crippen LogP contribution is -2.42. The second-order valence-electron chi connectivity index (χ2n) is 6.61. The predicted octanol–water partition coefficient (Wildman–Crippen LogP) is 1.27. The molecule has 1 aromatic carbocycles. The molecule has 1 aliphatic heterocycles. The molecule has 1 saturated carbocycles. The van der Waals surface area contributed by atoms with E-state index < -0.39 is 0 Å². The van der Waals surface area contributed by atoms with E-state index in [4.69, 9.17) is 0 Å². The Kier molecular flexibility index (Phi) is 8.33. The minimum absolute atomic E-state index is 0. The number of guanidine groups is 1. The van der Waals surface area contributed by atoms with E-state index in [0.29, 0.717) is 32.1 Å². The molecule has 27 heavy (non-hydrogen) atoms. The Bertz CT molecular complexity index is 690. The fraction of sp³-hybridized carbons (Fsp3) is 0.526. The summed E-state index contributed by atoms with van der Waals surface area (Å²) < 4.78 is 0. The molecule has 1 aliphatic carbocycles. The lowest BCUT2D eigenvalue weighted by Gasteiger charge is -2.17. The number of benzene rings is 1. The Morgan fingerprint density at radius 3 is 2.63 bits per heavy atom. The van der Waals surface area contributed by atoms with Gasteiger partial charge in [-0.25, -0.2) is 4.99 Å². The smallest absolute Gasteiger partial charge is 0.248 e. The van der Waals surface area contributed by atoms with Crippen LogP contribution in [-0.2, 0) is 16.0 Å². The largest absolute Gasteiger partial charge is 0.357 e. The zero-order valence-corrected chi connectivity index (χ0v) is 18.0. The highest BCUT2D eigenvalue weighted by Crippen LogP contribution is 2.28. The Morgan fingerprint density at radius 2 is 1.89 bits per heavy atom. The van der Waals surface area contributed by atoms with Crippen molar-refractivity contribution in [1.82, 2.24) is 16.0 Å².